The van der Waals surface area contributed by atoms with Crippen LogP contribution in [-0.4, -0.2) is 31.2 Å². The van der Waals surface area contributed by atoms with Gasteiger partial charge in [-0.1, -0.05) is 0 Å². The molecule has 3 rings (SSSR count). The first-order valence-electron chi connectivity index (χ1n) is 8.15. The Kier molecular flexibility index (Phi) is 5.33. The van der Waals surface area contributed by atoms with E-state index in [1.54, 1.807) is 13.0 Å². The van der Waals surface area contributed by atoms with Gasteiger partial charge >= 0.3 is 6.18 Å². The Labute approximate surface area is 158 Å². The van der Waals surface area contributed by atoms with Crippen molar-refractivity contribution in [1.82, 2.24) is 4.31 Å². The van der Waals surface area contributed by atoms with Crippen molar-refractivity contribution < 1.29 is 26.4 Å². The van der Waals surface area contributed by atoms with E-state index in [1.165, 1.54) is 6.07 Å². The van der Waals surface area contributed by atoms with Crippen molar-refractivity contribution >= 4 is 33.0 Å². The Morgan fingerprint density at radius 2 is 1.85 bits per heavy atom. The molecule has 2 aromatic rings. The molecule has 146 valence electrons. The summed E-state index contributed by atoms with van der Waals surface area (Å²) >= 11 is 1.14. The molecule has 1 aliphatic heterocycles. The molecular weight excluding hydrogens is 401 g/mol. The molecule has 0 spiro atoms. The minimum atomic E-state index is -4.46. The number of halogens is 3. The number of nitrogens with zero attached hydrogens (tertiary/aromatic N) is 1. The topological polar surface area (TPSA) is 66.5 Å². The van der Waals surface area contributed by atoms with Gasteiger partial charge in [-0.25, -0.2) is 8.42 Å². The van der Waals surface area contributed by atoms with E-state index < -0.39 is 33.7 Å². The third-order valence-electron chi connectivity index (χ3n) is 4.26. The summed E-state index contributed by atoms with van der Waals surface area (Å²) in [5.74, 6) is -0.552. The molecule has 5 nitrogen and oxygen atoms in total. The van der Waals surface area contributed by atoms with Gasteiger partial charge in [0.2, 0.25) is 5.91 Å². The minimum Gasteiger partial charge on any atom is -0.325 e. The Balaban J connectivity index is 1.76. The summed E-state index contributed by atoms with van der Waals surface area (Å²) < 4.78 is 64.8. The molecule has 0 aliphatic carbocycles. The summed E-state index contributed by atoms with van der Waals surface area (Å²) in [6.45, 7) is 2.02. The molecule has 0 saturated carbocycles. The quantitative estimate of drug-likeness (QED) is 0.820. The highest BCUT2D eigenvalue weighted by molar-refractivity contribution is 7.91. The van der Waals surface area contributed by atoms with Gasteiger partial charge in [-0.15, -0.1) is 11.3 Å². The van der Waals surface area contributed by atoms with Crippen LogP contribution in [0.2, 0.25) is 0 Å². The lowest BCUT2D eigenvalue weighted by atomic mass is 10.2. The molecule has 10 heteroatoms. The molecule has 1 aliphatic rings. The number of benzene rings is 1. The number of hydrogen-bond acceptors (Lipinski definition) is 4. The number of sulfonamides is 1. The summed E-state index contributed by atoms with van der Waals surface area (Å²) in [6.07, 6.45) is -3.57. The lowest BCUT2D eigenvalue weighted by Gasteiger charge is -2.22. The predicted octanol–water partition coefficient (Wildman–Crippen LogP) is 3.87. The third kappa shape index (κ3) is 4.17. The molecule has 2 heterocycles. The second-order valence-corrected chi connectivity index (χ2v) is 9.61. The van der Waals surface area contributed by atoms with Crippen LogP contribution in [-0.2, 0) is 21.0 Å². The van der Waals surface area contributed by atoms with Crippen LogP contribution >= 0.6 is 11.3 Å². The largest absolute Gasteiger partial charge is 0.416 e. The SMILES string of the molecule is Cc1ccc(S(=O)(=O)N2CCC[C@@H]2C(=O)Nc2ccc(C(F)(F)F)cc2)s1. The molecule has 1 saturated heterocycles. The van der Waals surface area contributed by atoms with Crippen LogP contribution in [0.15, 0.2) is 40.6 Å². The number of nitrogens with one attached hydrogen (secondary N) is 1. The van der Waals surface area contributed by atoms with Crippen LogP contribution in [0.25, 0.3) is 0 Å². The second-order valence-electron chi connectivity index (χ2n) is 6.20. The van der Waals surface area contributed by atoms with E-state index in [0.717, 1.165) is 44.8 Å². The normalized spacial score (nSPS) is 18.6. The average Bonchev–Trinajstić information content (AvgIpc) is 3.24. The highest BCUT2D eigenvalue weighted by atomic mass is 32.2. The van der Waals surface area contributed by atoms with Gasteiger partial charge in [0.15, 0.2) is 0 Å². The van der Waals surface area contributed by atoms with Gasteiger partial charge in [0.05, 0.1) is 5.56 Å². The lowest BCUT2D eigenvalue weighted by Crippen LogP contribution is -2.42. The van der Waals surface area contributed by atoms with Crippen LogP contribution in [0.4, 0.5) is 18.9 Å². The molecule has 0 radical (unpaired) electrons. The number of rotatable bonds is 4. The number of aryl methyl sites for hydroxylation is 1. The lowest BCUT2D eigenvalue weighted by molar-refractivity contribution is -0.137. The zero-order chi connectivity index (χ0) is 19.8. The van der Waals surface area contributed by atoms with E-state index in [0.29, 0.717) is 12.8 Å². The molecule has 0 unspecified atom stereocenters. The number of anilines is 1. The number of carbonyl (C=O) groups is 1. The van der Waals surface area contributed by atoms with E-state index in [9.17, 15) is 26.4 Å². The number of alkyl halides is 3. The van der Waals surface area contributed by atoms with Crippen molar-refractivity contribution in [3.63, 3.8) is 0 Å². The molecule has 1 atom stereocenters. The van der Waals surface area contributed by atoms with Crippen molar-refractivity contribution in [1.29, 1.82) is 0 Å². The van der Waals surface area contributed by atoms with E-state index in [1.807, 2.05) is 0 Å². The smallest absolute Gasteiger partial charge is 0.325 e. The summed E-state index contributed by atoms with van der Waals surface area (Å²) in [5, 5.41) is 2.51. The summed E-state index contributed by atoms with van der Waals surface area (Å²) in [6, 6.07) is 6.36. The van der Waals surface area contributed by atoms with Crippen LogP contribution in [0.1, 0.15) is 23.3 Å². The maximum absolute atomic E-state index is 12.8. The number of thiophene rings is 1. The van der Waals surface area contributed by atoms with Crippen molar-refractivity contribution in [3.05, 3.63) is 46.8 Å². The summed E-state index contributed by atoms with van der Waals surface area (Å²) in [7, 11) is -3.79. The van der Waals surface area contributed by atoms with E-state index in [2.05, 4.69) is 5.32 Å². The zero-order valence-electron chi connectivity index (χ0n) is 14.3. The first-order chi connectivity index (χ1) is 12.6. The van der Waals surface area contributed by atoms with Gasteiger partial charge in [0.1, 0.15) is 10.3 Å². The maximum Gasteiger partial charge on any atom is 0.416 e. The highest BCUT2D eigenvalue weighted by Gasteiger charge is 2.40. The van der Waals surface area contributed by atoms with Crippen LogP contribution in [0.5, 0.6) is 0 Å². The fraction of sp³-hybridized carbons (Fsp3) is 0.353. The van der Waals surface area contributed by atoms with Gasteiger partial charge in [-0.05, 0) is 56.2 Å². The van der Waals surface area contributed by atoms with Gasteiger partial charge in [-0.2, -0.15) is 17.5 Å². The summed E-state index contributed by atoms with van der Waals surface area (Å²) in [4.78, 5) is 13.4. The molecule has 1 N–H and O–H groups in total. The molecule has 27 heavy (non-hydrogen) atoms. The maximum atomic E-state index is 12.8. The summed E-state index contributed by atoms with van der Waals surface area (Å²) in [5.41, 5.74) is -0.636. The molecular formula is C17H17F3N2O3S2. The van der Waals surface area contributed by atoms with Crippen LogP contribution in [0, 0.1) is 6.92 Å². The van der Waals surface area contributed by atoms with E-state index >= 15 is 0 Å². The third-order valence-corrected chi connectivity index (χ3v) is 7.64. The number of carbonyl (C=O) groups excluding carboxylic acids is 1. The predicted molar refractivity (Wildman–Crippen MR) is 96.0 cm³/mol. The van der Waals surface area contributed by atoms with Gasteiger partial charge in [-0.3, -0.25) is 4.79 Å². The van der Waals surface area contributed by atoms with Crippen molar-refractivity contribution in [2.75, 3.05) is 11.9 Å². The first kappa shape index (κ1) is 19.8. The first-order valence-corrected chi connectivity index (χ1v) is 10.4. The molecule has 1 aromatic carbocycles. The van der Waals surface area contributed by atoms with Crippen molar-refractivity contribution in [2.45, 2.75) is 36.2 Å². The van der Waals surface area contributed by atoms with Crippen molar-refractivity contribution in [3.8, 4) is 0 Å². The van der Waals surface area contributed by atoms with Gasteiger partial charge in [0.25, 0.3) is 10.0 Å². The zero-order valence-corrected chi connectivity index (χ0v) is 15.9. The Morgan fingerprint density at radius 3 is 2.41 bits per heavy atom. The Hall–Kier alpha value is -1.91. The Morgan fingerprint density at radius 1 is 1.19 bits per heavy atom. The van der Waals surface area contributed by atoms with Gasteiger partial charge in [0, 0.05) is 17.1 Å². The highest BCUT2D eigenvalue weighted by Crippen LogP contribution is 2.32. The molecule has 1 aromatic heterocycles. The monoisotopic (exact) mass is 418 g/mol. The minimum absolute atomic E-state index is 0.175. The van der Waals surface area contributed by atoms with Crippen LogP contribution < -0.4 is 5.32 Å². The van der Waals surface area contributed by atoms with Crippen LogP contribution in [0.3, 0.4) is 0 Å². The molecule has 0 bridgehead atoms. The average molecular weight is 418 g/mol. The fourth-order valence-electron chi connectivity index (χ4n) is 2.92. The molecule has 1 amide bonds. The van der Waals surface area contributed by atoms with Gasteiger partial charge < -0.3 is 5.32 Å². The van der Waals surface area contributed by atoms with E-state index in [-0.39, 0.29) is 16.4 Å². The fourth-order valence-corrected chi connectivity index (χ4v) is 5.99. The second kappa shape index (κ2) is 7.25. The number of amides is 1. The standard InChI is InChI=1S/C17H17F3N2O3S2/c1-11-4-9-15(26-11)27(24,25)22-10-2-3-14(22)16(23)21-13-7-5-12(6-8-13)17(18,19)20/h4-9,14H,2-3,10H2,1H3,(H,21,23)/t14-/m1/s1. The van der Waals surface area contributed by atoms with Crippen molar-refractivity contribution in [2.24, 2.45) is 0 Å². The van der Waals surface area contributed by atoms with E-state index in [4.69, 9.17) is 0 Å². The number of hydrogen-bond donors (Lipinski definition) is 1. The Bertz CT molecular complexity index is 937. The molecule has 1 fully saturated rings.